The number of pyridine rings is 2. The molecule has 2 aromatic heterocycles. The molecule has 12 nitrogen and oxygen atoms in total. The SMILES string of the molecule is COc1ccc(-n2c3c(c4ccccc4c2=O)N(c2ccccc2)N(C)/C(=C\C=C\C2=[N+](C)N(c4ccccc4)c4c(n(-c5ccc(OC)cc5)c(=O)c5ccccc45)O2)O3)cc1. The van der Waals surface area contributed by atoms with Crippen molar-refractivity contribution in [2.45, 2.75) is 0 Å². The van der Waals surface area contributed by atoms with Crippen molar-refractivity contribution in [1.82, 2.24) is 14.1 Å². The molecule has 0 saturated carbocycles. The van der Waals surface area contributed by atoms with E-state index in [2.05, 4.69) is 0 Å². The first kappa shape index (κ1) is 38.7. The molecule has 0 amide bonds. The molecule has 63 heavy (non-hydrogen) atoms. The highest BCUT2D eigenvalue weighted by Crippen LogP contribution is 2.46. The molecule has 10 rings (SSSR count). The van der Waals surface area contributed by atoms with Crippen LogP contribution in [0.1, 0.15) is 0 Å². The minimum atomic E-state index is -0.232. The number of nitrogens with zero attached hydrogens (tertiary/aromatic N) is 6. The number of rotatable bonds is 8. The summed E-state index contributed by atoms with van der Waals surface area (Å²) in [6, 6.07) is 49.6. The second-order valence-corrected chi connectivity index (χ2v) is 14.8. The van der Waals surface area contributed by atoms with E-state index in [9.17, 15) is 9.59 Å². The summed E-state index contributed by atoms with van der Waals surface area (Å²) in [7, 11) is 7.04. The molecule has 8 aromatic rings. The Kier molecular flexibility index (Phi) is 9.72. The monoisotopic (exact) mass is 833 g/mol. The zero-order valence-electron chi connectivity index (χ0n) is 34.9. The van der Waals surface area contributed by atoms with Crippen molar-refractivity contribution in [1.29, 1.82) is 0 Å². The summed E-state index contributed by atoms with van der Waals surface area (Å²) in [6.07, 6.45) is 5.47. The molecule has 0 N–H and O–H groups in total. The van der Waals surface area contributed by atoms with Gasteiger partial charge in [-0.1, -0.05) is 77.5 Å². The summed E-state index contributed by atoms with van der Waals surface area (Å²) in [5, 5.41) is 8.54. The van der Waals surface area contributed by atoms with Crippen molar-refractivity contribution in [2.75, 3.05) is 38.3 Å². The van der Waals surface area contributed by atoms with Crippen LogP contribution in [0.25, 0.3) is 32.9 Å². The standard InChI is InChI=1S/C51H41N6O6/c1-52-44(62-50-46(56(52)36-16-7-5-8-17-36)40-20-11-13-22-42(40)48(58)54(50)34-26-30-38(60-3)31-27-34)24-15-25-45-53(2)57(37-18-9-6-10-19-37)47-41-21-12-14-23-43(41)49(59)55(51(47)63-45)35-28-32-39(61-4)33-29-35/h5-33H,1-4H3/q+1. The van der Waals surface area contributed by atoms with Crippen LogP contribution in [-0.2, 0) is 0 Å². The number of hydrazine groups is 2. The number of para-hydroxylation sites is 2. The summed E-state index contributed by atoms with van der Waals surface area (Å²) in [5.74, 6) is 2.83. The highest BCUT2D eigenvalue weighted by molar-refractivity contribution is 6.01. The van der Waals surface area contributed by atoms with Crippen LogP contribution in [0.4, 0.5) is 22.7 Å². The topological polar surface area (TPSA) is 93.7 Å². The minimum Gasteiger partial charge on any atom is -0.497 e. The predicted molar refractivity (Wildman–Crippen MR) is 247 cm³/mol. The Morgan fingerprint density at radius 1 is 0.524 bits per heavy atom. The van der Waals surface area contributed by atoms with Gasteiger partial charge in [-0.3, -0.25) is 14.6 Å². The molecule has 310 valence electrons. The van der Waals surface area contributed by atoms with Gasteiger partial charge in [-0.05, 0) is 91.0 Å². The first-order chi connectivity index (χ1) is 30.9. The van der Waals surface area contributed by atoms with Crippen molar-refractivity contribution in [3.63, 3.8) is 0 Å². The van der Waals surface area contributed by atoms with Crippen molar-refractivity contribution in [3.05, 3.63) is 203 Å². The van der Waals surface area contributed by atoms with Crippen LogP contribution in [0.15, 0.2) is 191 Å². The first-order valence-corrected chi connectivity index (χ1v) is 20.3. The zero-order chi connectivity index (χ0) is 43.2. The Bertz CT molecular complexity index is 3270. The third-order valence-corrected chi connectivity index (χ3v) is 11.2. The number of aromatic nitrogens is 2. The fraction of sp³-hybridized carbons (Fsp3) is 0.0784. The number of benzene rings is 6. The van der Waals surface area contributed by atoms with E-state index in [0.717, 1.165) is 22.1 Å². The maximum atomic E-state index is 14.5. The van der Waals surface area contributed by atoms with E-state index in [1.807, 2.05) is 210 Å². The first-order valence-electron chi connectivity index (χ1n) is 20.3. The molecular weight excluding hydrogens is 793 g/mol. The number of hydrogen-bond acceptors (Lipinski definition) is 9. The van der Waals surface area contributed by atoms with Crippen LogP contribution in [0, 0.1) is 0 Å². The lowest BCUT2D eigenvalue weighted by Crippen LogP contribution is -2.43. The summed E-state index contributed by atoms with van der Waals surface area (Å²) in [6.45, 7) is 0. The van der Waals surface area contributed by atoms with Gasteiger partial charge in [0.05, 0.1) is 42.7 Å². The number of methoxy groups -OCH3 is 2. The normalized spacial score (nSPS) is 14.2. The van der Waals surface area contributed by atoms with Gasteiger partial charge >= 0.3 is 5.90 Å². The molecule has 0 unspecified atom stereocenters. The van der Waals surface area contributed by atoms with Gasteiger partial charge in [-0.25, -0.2) is 14.1 Å². The maximum Gasteiger partial charge on any atom is 0.398 e. The molecule has 0 spiro atoms. The third kappa shape index (κ3) is 6.52. The number of allylic oxidation sites excluding steroid dienone is 2. The third-order valence-electron chi connectivity index (χ3n) is 11.2. The highest BCUT2D eigenvalue weighted by Gasteiger charge is 2.38. The van der Waals surface area contributed by atoms with Crippen LogP contribution in [0.3, 0.4) is 0 Å². The van der Waals surface area contributed by atoms with Crippen molar-refractivity contribution in [3.8, 4) is 34.6 Å². The molecule has 0 aliphatic carbocycles. The fourth-order valence-electron chi connectivity index (χ4n) is 8.22. The Morgan fingerprint density at radius 2 is 0.984 bits per heavy atom. The molecular formula is C51H41N6O6+. The molecule has 12 heteroatoms. The largest absolute Gasteiger partial charge is 0.497 e. The number of fused-ring (bicyclic) bond motifs is 6. The van der Waals surface area contributed by atoms with E-state index >= 15 is 0 Å². The van der Waals surface area contributed by atoms with Crippen molar-refractivity contribution < 1.29 is 23.6 Å². The van der Waals surface area contributed by atoms with Gasteiger partial charge in [0.1, 0.15) is 22.9 Å². The molecule has 6 aromatic carbocycles. The lowest BCUT2D eigenvalue weighted by Gasteiger charge is -2.41. The van der Waals surface area contributed by atoms with Gasteiger partial charge in [-0.15, -0.1) is 5.01 Å². The lowest BCUT2D eigenvalue weighted by atomic mass is 10.1. The molecule has 0 bridgehead atoms. The van der Waals surface area contributed by atoms with Gasteiger partial charge < -0.3 is 18.9 Å². The van der Waals surface area contributed by atoms with Gasteiger partial charge in [0.15, 0.2) is 12.7 Å². The zero-order valence-corrected chi connectivity index (χ0v) is 34.9. The maximum absolute atomic E-state index is 14.5. The van der Waals surface area contributed by atoms with Crippen LogP contribution in [0.5, 0.6) is 23.3 Å². The highest BCUT2D eigenvalue weighted by atomic mass is 16.5. The van der Waals surface area contributed by atoms with Crippen molar-refractivity contribution >= 4 is 50.2 Å². The van der Waals surface area contributed by atoms with Crippen LogP contribution >= 0.6 is 0 Å². The van der Waals surface area contributed by atoms with E-state index in [0.29, 0.717) is 68.6 Å². The smallest absolute Gasteiger partial charge is 0.398 e. The summed E-state index contributed by atoms with van der Waals surface area (Å²) in [5.41, 5.74) is 3.85. The average molecular weight is 834 g/mol. The quantitative estimate of drug-likeness (QED) is 0.139. The van der Waals surface area contributed by atoms with E-state index in [1.165, 1.54) is 0 Å². The van der Waals surface area contributed by atoms with Crippen LogP contribution in [0.2, 0.25) is 0 Å². The van der Waals surface area contributed by atoms with Gasteiger partial charge in [0.25, 0.3) is 11.1 Å². The molecule has 0 saturated heterocycles. The Hall–Kier alpha value is -8.51. The molecule has 2 aliphatic rings. The fourth-order valence-corrected chi connectivity index (χ4v) is 8.22. The number of anilines is 4. The number of ether oxygens (including phenoxy) is 4. The molecule has 0 atom stereocenters. The van der Waals surface area contributed by atoms with Crippen LogP contribution in [-0.4, -0.2) is 53.0 Å². The van der Waals surface area contributed by atoms with Gasteiger partial charge in [0.2, 0.25) is 17.6 Å². The summed E-state index contributed by atoms with van der Waals surface area (Å²) < 4.78 is 29.7. The van der Waals surface area contributed by atoms with E-state index in [1.54, 1.807) is 23.4 Å². The average Bonchev–Trinajstić information content (AvgIpc) is 3.33. The van der Waals surface area contributed by atoms with E-state index < -0.39 is 0 Å². The Morgan fingerprint density at radius 3 is 1.51 bits per heavy atom. The lowest BCUT2D eigenvalue weighted by molar-refractivity contribution is -0.509. The Labute approximate surface area is 362 Å². The van der Waals surface area contributed by atoms with E-state index in [4.69, 9.17) is 18.9 Å². The summed E-state index contributed by atoms with van der Waals surface area (Å²) in [4.78, 5) is 29.0. The molecule has 0 fully saturated rings. The molecule has 2 aliphatic heterocycles. The van der Waals surface area contributed by atoms with Gasteiger partial charge in [-0.2, -0.15) is 0 Å². The van der Waals surface area contributed by atoms with Crippen molar-refractivity contribution in [2.24, 2.45) is 0 Å². The second kappa shape index (κ2) is 15.8. The second-order valence-electron chi connectivity index (χ2n) is 14.8. The van der Waals surface area contributed by atoms with E-state index in [-0.39, 0.29) is 11.1 Å². The molecule has 4 heterocycles. The summed E-state index contributed by atoms with van der Waals surface area (Å²) >= 11 is 0. The minimum absolute atomic E-state index is 0.232. The molecule has 0 radical (unpaired) electrons. The number of hydrogen-bond donors (Lipinski definition) is 0. The predicted octanol–water partition coefficient (Wildman–Crippen LogP) is 9.27. The van der Waals surface area contributed by atoms with Crippen LogP contribution < -0.4 is 40.1 Å². The Balaban J connectivity index is 1.15. The number of hydrazone groups is 1. The van der Waals surface area contributed by atoms with Gasteiger partial charge in [0, 0.05) is 29.3 Å².